The first-order valence-electron chi connectivity index (χ1n) is 5.18. The monoisotopic (exact) mass is 196 g/mol. The van der Waals surface area contributed by atoms with E-state index in [2.05, 4.69) is 22.8 Å². The van der Waals surface area contributed by atoms with Crippen molar-refractivity contribution in [3.63, 3.8) is 0 Å². The Labute approximate surface area is 84.5 Å². The van der Waals surface area contributed by atoms with Crippen LogP contribution in [0.15, 0.2) is 6.07 Å². The van der Waals surface area contributed by atoms with Gasteiger partial charge in [-0.25, -0.2) is 4.68 Å². The summed E-state index contributed by atoms with van der Waals surface area (Å²) in [5.74, 6) is 0. The third-order valence-electron chi connectivity index (χ3n) is 2.68. The summed E-state index contributed by atoms with van der Waals surface area (Å²) >= 11 is 0. The van der Waals surface area contributed by atoms with Crippen LogP contribution in [0.3, 0.4) is 0 Å². The molecule has 0 bridgehead atoms. The van der Waals surface area contributed by atoms with Gasteiger partial charge in [0.1, 0.15) is 13.1 Å². The van der Waals surface area contributed by atoms with Crippen molar-refractivity contribution in [1.82, 2.24) is 9.78 Å². The second-order valence-corrected chi connectivity index (χ2v) is 3.95. The van der Waals surface area contributed by atoms with Crippen molar-refractivity contribution in [3.05, 3.63) is 17.5 Å². The fourth-order valence-corrected chi connectivity index (χ4v) is 1.87. The summed E-state index contributed by atoms with van der Waals surface area (Å²) in [5, 5.41) is 4.46. The van der Waals surface area contributed by atoms with Gasteiger partial charge < -0.3 is 9.64 Å². The number of quaternary nitrogens is 1. The van der Waals surface area contributed by atoms with E-state index >= 15 is 0 Å². The molecule has 0 unspecified atom stereocenters. The molecule has 14 heavy (non-hydrogen) atoms. The van der Waals surface area contributed by atoms with E-state index in [-0.39, 0.29) is 0 Å². The van der Waals surface area contributed by atoms with Crippen molar-refractivity contribution >= 4 is 0 Å². The molecule has 4 heteroatoms. The number of rotatable bonds is 2. The van der Waals surface area contributed by atoms with Gasteiger partial charge in [-0.05, 0) is 19.9 Å². The summed E-state index contributed by atoms with van der Waals surface area (Å²) in [6, 6.07) is 2.12. The number of aromatic nitrogens is 2. The summed E-state index contributed by atoms with van der Waals surface area (Å²) in [5.41, 5.74) is 2.36. The van der Waals surface area contributed by atoms with E-state index in [0.29, 0.717) is 0 Å². The first-order valence-corrected chi connectivity index (χ1v) is 5.18. The maximum absolute atomic E-state index is 5.32. The van der Waals surface area contributed by atoms with Crippen LogP contribution in [0.5, 0.6) is 0 Å². The van der Waals surface area contributed by atoms with Crippen LogP contribution >= 0.6 is 0 Å². The first-order chi connectivity index (χ1) is 6.75. The Morgan fingerprint density at radius 2 is 2.14 bits per heavy atom. The number of hydrogen-bond donors (Lipinski definition) is 1. The zero-order valence-corrected chi connectivity index (χ0v) is 8.92. The van der Waals surface area contributed by atoms with Gasteiger partial charge in [-0.1, -0.05) is 0 Å². The largest absolute Gasteiger partial charge is 0.370 e. The fourth-order valence-electron chi connectivity index (χ4n) is 1.87. The molecule has 0 atom stereocenters. The molecule has 4 nitrogen and oxygen atoms in total. The Hall–Kier alpha value is -0.870. The minimum Gasteiger partial charge on any atom is -0.370 e. The quantitative estimate of drug-likeness (QED) is 0.683. The minimum absolute atomic E-state index is 0.884. The summed E-state index contributed by atoms with van der Waals surface area (Å²) in [6.45, 7) is 9.08. The summed E-state index contributed by atoms with van der Waals surface area (Å²) in [4.78, 5) is 1.56. The number of nitrogens with zero attached hydrogens (tertiary/aromatic N) is 2. The fraction of sp³-hybridized carbons (Fsp3) is 0.700. The summed E-state index contributed by atoms with van der Waals surface area (Å²) in [7, 11) is 0. The molecule has 1 aliphatic heterocycles. The van der Waals surface area contributed by atoms with Crippen LogP contribution in [0, 0.1) is 13.8 Å². The van der Waals surface area contributed by atoms with Gasteiger partial charge in [-0.2, -0.15) is 5.10 Å². The average molecular weight is 196 g/mol. The second kappa shape index (κ2) is 4.11. The first kappa shape index (κ1) is 9.68. The molecule has 2 rings (SSSR count). The van der Waals surface area contributed by atoms with Crippen molar-refractivity contribution in [2.75, 3.05) is 26.3 Å². The van der Waals surface area contributed by atoms with Crippen molar-refractivity contribution < 1.29 is 9.64 Å². The van der Waals surface area contributed by atoms with E-state index < -0.39 is 0 Å². The molecule has 1 aliphatic rings. The van der Waals surface area contributed by atoms with Gasteiger partial charge in [-0.3, -0.25) is 0 Å². The smallest absolute Gasteiger partial charge is 0.173 e. The highest BCUT2D eigenvalue weighted by atomic mass is 16.5. The van der Waals surface area contributed by atoms with Gasteiger partial charge in [0.05, 0.1) is 18.9 Å². The average Bonchev–Trinajstić information content (AvgIpc) is 2.47. The van der Waals surface area contributed by atoms with Crippen LogP contribution in [0.2, 0.25) is 0 Å². The second-order valence-electron chi connectivity index (χ2n) is 3.95. The van der Waals surface area contributed by atoms with E-state index in [1.54, 1.807) is 4.90 Å². The lowest BCUT2D eigenvalue weighted by molar-refractivity contribution is -0.930. The van der Waals surface area contributed by atoms with Gasteiger partial charge in [-0.15, -0.1) is 0 Å². The molecule has 0 amide bonds. The highest BCUT2D eigenvalue weighted by Crippen LogP contribution is 1.99. The maximum Gasteiger partial charge on any atom is 0.173 e. The Morgan fingerprint density at radius 3 is 2.71 bits per heavy atom. The van der Waals surface area contributed by atoms with Gasteiger partial charge >= 0.3 is 0 Å². The molecule has 1 saturated heterocycles. The number of ether oxygens (including phenoxy) is 1. The molecule has 0 saturated carbocycles. The predicted molar refractivity (Wildman–Crippen MR) is 53.2 cm³/mol. The van der Waals surface area contributed by atoms with Crippen molar-refractivity contribution in [1.29, 1.82) is 0 Å². The Kier molecular flexibility index (Phi) is 2.84. The topological polar surface area (TPSA) is 31.5 Å². The standard InChI is InChI=1S/C10H17N3O/c1-9-7-10(2)13(11-9)8-12-3-5-14-6-4-12/h7H,3-6,8H2,1-2H3/p+1. The van der Waals surface area contributed by atoms with Crippen LogP contribution in [0.25, 0.3) is 0 Å². The number of nitrogens with one attached hydrogen (secondary N) is 1. The van der Waals surface area contributed by atoms with Crippen LogP contribution in [-0.4, -0.2) is 36.1 Å². The van der Waals surface area contributed by atoms with Gasteiger partial charge in [0, 0.05) is 5.69 Å². The lowest BCUT2D eigenvalue weighted by atomic mass is 10.4. The highest BCUT2D eigenvalue weighted by molar-refractivity contribution is 5.05. The van der Waals surface area contributed by atoms with Crippen LogP contribution in [0.1, 0.15) is 11.4 Å². The Morgan fingerprint density at radius 1 is 1.43 bits per heavy atom. The van der Waals surface area contributed by atoms with Crippen LogP contribution in [-0.2, 0) is 11.4 Å². The van der Waals surface area contributed by atoms with Gasteiger partial charge in [0.15, 0.2) is 6.67 Å². The zero-order valence-electron chi connectivity index (χ0n) is 8.92. The Bertz CT molecular complexity index is 302. The molecule has 1 N–H and O–H groups in total. The lowest BCUT2D eigenvalue weighted by Gasteiger charge is -2.23. The van der Waals surface area contributed by atoms with Gasteiger partial charge in [0.25, 0.3) is 0 Å². The molecule has 0 spiro atoms. The van der Waals surface area contributed by atoms with E-state index in [1.165, 1.54) is 5.69 Å². The van der Waals surface area contributed by atoms with Crippen LogP contribution < -0.4 is 4.90 Å². The third-order valence-corrected chi connectivity index (χ3v) is 2.68. The summed E-state index contributed by atoms with van der Waals surface area (Å²) < 4.78 is 7.42. The molecule has 2 heterocycles. The van der Waals surface area contributed by atoms with Gasteiger partial charge in [0.2, 0.25) is 0 Å². The van der Waals surface area contributed by atoms with E-state index in [0.717, 1.165) is 38.7 Å². The normalized spacial score (nSPS) is 18.7. The lowest BCUT2D eigenvalue weighted by Crippen LogP contribution is -3.13. The summed E-state index contributed by atoms with van der Waals surface area (Å²) in [6.07, 6.45) is 0. The predicted octanol–water partition coefficient (Wildman–Crippen LogP) is -0.627. The van der Waals surface area contributed by atoms with E-state index in [1.807, 2.05) is 6.92 Å². The van der Waals surface area contributed by atoms with E-state index in [4.69, 9.17) is 4.74 Å². The number of aryl methyl sites for hydroxylation is 2. The number of morpholine rings is 1. The van der Waals surface area contributed by atoms with Crippen molar-refractivity contribution in [3.8, 4) is 0 Å². The van der Waals surface area contributed by atoms with E-state index in [9.17, 15) is 0 Å². The molecular weight excluding hydrogens is 178 g/mol. The molecule has 1 aromatic rings. The Balaban J connectivity index is 1.98. The molecular formula is C10H18N3O+. The minimum atomic E-state index is 0.884. The zero-order chi connectivity index (χ0) is 9.97. The van der Waals surface area contributed by atoms with Crippen LogP contribution in [0.4, 0.5) is 0 Å². The molecule has 0 radical (unpaired) electrons. The molecule has 1 fully saturated rings. The van der Waals surface area contributed by atoms with Crippen molar-refractivity contribution in [2.45, 2.75) is 20.5 Å². The third kappa shape index (κ3) is 2.13. The highest BCUT2D eigenvalue weighted by Gasteiger charge is 2.15. The molecule has 1 aromatic heterocycles. The molecule has 78 valence electrons. The maximum atomic E-state index is 5.32. The number of hydrogen-bond acceptors (Lipinski definition) is 2. The molecule has 0 aromatic carbocycles. The molecule has 0 aliphatic carbocycles. The SMILES string of the molecule is Cc1cc(C)n(C[NH+]2CCOCC2)n1. The van der Waals surface area contributed by atoms with Crippen molar-refractivity contribution in [2.24, 2.45) is 0 Å².